The zero-order valence-corrected chi connectivity index (χ0v) is 18.7. The molecule has 0 aliphatic rings. The molecule has 164 valence electrons. The van der Waals surface area contributed by atoms with Gasteiger partial charge in [0.1, 0.15) is 27.8 Å². The average Bonchev–Trinajstić information content (AvgIpc) is 3.24. The van der Waals surface area contributed by atoms with Crippen LogP contribution in [0.2, 0.25) is 5.02 Å². The third-order valence-corrected chi connectivity index (χ3v) is 6.91. The molecule has 32 heavy (non-hydrogen) atoms. The van der Waals surface area contributed by atoms with Crippen molar-refractivity contribution in [2.45, 2.75) is 17.4 Å². The van der Waals surface area contributed by atoms with Crippen molar-refractivity contribution < 1.29 is 17.6 Å². The van der Waals surface area contributed by atoms with Gasteiger partial charge >= 0.3 is 0 Å². The van der Waals surface area contributed by atoms with Crippen LogP contribution in [0.4, 0.5) is 10.1 Å². The van der Waals surface area contributed by atoms with Crippen LogP contribution in [-0.2, 0) is 21.2 Å². The highest BCUT2D eigenvalue weighted by Crippen LogP contribution is 2.23. The second-order valence-corrected chi connectivity index (χ2v) is 9.51. The number of nitrogens with one attached hydrogen (secondary N) is 2. The number of rotatable bonds is 7. The van der Waals surface area contributed by atoms with Crippen LogP contribution in [0.5, 0.6) is 0 Å². The lowest BCUT2D eigenvalue weighted by Crippen LogP contribution is -2.45. The number of hydrogen-bond acceptors (Lipinski definition) is 6. The van der Waals surface area contributed by atoms with Crippen LogP contribution < -0.4 is 10.0 Å². The first-order chi connectivity index (χ1) is 15.3. The summed E-state index contributed by atoms with van der Waals surface area (Å²) in [7, 11) is -4.15. The Hall–Kier alpha value is -2.92. The van der Waals surface area contributed by atoms with Gasteiger partial charge in [0.05, 0.1) is 17.4 Å². The lowest BCUT2D eigenvalue weighted by atomic mass is 10.1. The highest BCUT2D eigenvalue weighted by atomic mass is 35.5. The molecule has 0 bridgehead atoms. The van der Waals surface area contributed by atoms with Gasteiger partial charge in [-0.15, -0.1) is 0 Å². The number of carbonyl (C=O) groups excluding carboxylic acids is 1. The number of nitrogens with zero attached hydrogens (tertiary/aromatic N) is 2. The maximum Gasteiger partial charge on any atom is 0.243 e. The van der Waals surface area contributed by atoms with Gasteiger partial charge in [-0.3, -0.25) is 4.79 Å². The van der Waals surface area contributed by atoms with Crippen molar-refractivity contribution in [3.05, 3.63) is 83.1 Å². The van der Waals surface area contributed by atoms with E-state index >= 15 is 0 Å². The SMILES string of the molecule is O=C(Nc1ccc(Cl)cc1F)[C@@H](Cc1ccccc1)NS(=O)(=O)c1cccc2nsnc12. The molecule has 0 saturated carbocycles. The number of carbonyl (C=O) groups is 1. The van der Waals surface area contributed by atoms with E-state index in [4.69, 9.17) is 11.6 Å². The summed E-state index contributed by atoms with van der Waals surface area (Å²) in [6.45, 7) is 0. The van der Waals surface area contributed by atoms with Gasteiger partial charge in [-0.1, -0.05) is 48.0 Å². The highest BCUT2D eigenvalue weighted by molar-refractivity contribution is 7.89. The van der Waals surface area contributed by atoms with E-state index in [1.807, 2.05) is 6.07 Å². The standard InChI is InChI=1S/C21H16ClFN4O3S2/c22-14-9-10-16(15(23)12-14)24-21(28)18(11-13-5-2-1-3-6-13)27-32(29,30)19-8-4-7-17-20(19)26-31-25-17/h1-10,12,18,27H,11H2,(H,24,28)/t18-/m1/s1. The summed E-state index contributed by atoms with van der Waals surface area (Å²) in [4.78, 5) is 12.9. The van der Waals surface area contributed by atoms with Gasteiger partial charge < -0.3 is 5.32 Å². The molecular weight excluding hydrogens is 475 g/mol. The van der Waals surface area contributed by atoms with Crippen LogP contribution >= 0.6 is 23.3 Å². The minimum atomic E-state index is -4.15. The summed E-state index contributed by atoms with van der Waals surface area (Å²) in [5, 5.41) is 2.61. The van der Waals surface area contributed by atoms with E-state index in [0.29, 0.717) is 5.52 Å². The summed E-state index contributed by atoms with van der Waals surface area (Å²) in [6, 6.07) is 16.1. The molecule has 0 saturated heterocycles. The molecule has 7 nitrogen and oxygen atoms in total. The molecule has 1 amide bonds. The molecule has 2 N–H and O–H groups in total. The molecule has 0 radical (unpaired) electrons. The maximum atomic E-state index is 14.2. The first-order valence-electron chi connectivity index (χ1n) is 9.37. The summed E-state index contributed by atoms with van der Waals surface area (Å²) in [5.74, 6) is -1.45. The molecule has 3 aromatic carbocycles. The van der Waals surface area contributed by atoms with Crippen molar-refractivity contribution in [2.24, 2.45) is 0 Å². The number of aromatic nitrogens is 2. The van der Waals surface area contributed by atoms with Crippen LogP contribution in [0.25, 0.3) is 11.0 Å². The van der Waals surface area contributed by atoms with Crippen molar-refractivity contribution in [2.75, 3.05) is 5.32 Å². The molecule has 0 fully saturated rings. The summed E-state index contributed by atoms with van der Waals surface area (Å²) < 4.78 is 51.1. The lowest BCUT2D eigenvalue weighted by molar-refractivity contribution is -0.117. The third kappa shape index (κ3) is 4.94. The number of benzene rings is 3. The second kappa shape index (κ2) is 9.29. The highest BCUT2D eigenvalue weighted by Gasteiger charge is 2.28. The van der Waals surface area contributed by atoms with E-state index in [1.165, 1.54) is 18.2 Å². The second-order valence-electron chi connectivity index (χ2n) is 6.87. The maximum absolute atomic E-state index is 14.2. The van der Waals surface area contributed by atoms with Gasteiger partial charge in [0.15, 0.2) is 0 Å². The van der Waals surface area contributed by atoms with E-state index in [9.17, 15) is 17.6 Å². The van der Waals surface area contributed by atoms with Gasteiger partial charge in [0.2, 0.25) is 15.9 Å². The molecule has 4 aromatic rings. The van der Waals surface area contributed by atoms with E-state index < -0.39 is 27.8 Å². The fourth-order valence-electron chi connectivity index (χ4n) is 3.10. The molecule has 0 aliphatic carbocycles. The third-order valence-electron chi connectivity index (χ3n) is 4.62. The summed E-state index contributed by atoms with van der Waals surface area (Å²) >= 11 is 6.65. The zero-order chi connectivity index (χ0) is 22.7. The van der Waals surface area contributed by atoms with Gasteiger partial charge in [0, 0.05) is 5.02 Å². The minimum Gasteiger partial charge on any atom is -0.322 e. The number of amides is 1. The van der Waals surface area contributed by atoms with E-state index in [2.05, 4.69) is 18.8 Å². The van der Waals surface area contributed by atoms with Crippen molar-refractivity contribution in [1.29, 1.82) is 0 Å². The van der Waals surface area contributed by atoms with E-state index in [0.717, 1.165) is 23.4 Å². The normalized spacial score (nSPS) is 12.6. The molecule has 0 aliphatic heterocycles. The van der Waals surface area contributed by atoms with Crippen LogP contribution in [-0.4, -0.2) is 29.1 Å². The van der Waals surface area contributed by atoms with Crippen LogP contribution in [0.1, 0.15) is 5.56 Å². The van der Waals surface area contributed by atoms with E-state index in [-0.39, 0.29) is 27.5 Å². The number of fused-ring (bicyclic) bond motifs is 1. The van der Waals surface area contributed by atoms with Crippen molar-refractivity contribution in [3.63, 3.8) is 0 Å². The fourth-order valence-corrected chi connectivity index (χ4v) is 5.22. The van der Waals surface area contributed by atoms with E-state index in [1.54, 1.807) is 36.4 Å². The van der Waals surface area contributed by atoms with Gasteiger partial charge in [-0.2, -0.15) is 13.5 Å². The molecule has 4 rings (SSSR count). The zero-order valence-electron chi connectivity index (χ0n) is 16.3. The van der Waals surface area contributed by atoms with Gasteiger partial charge in [-0.05, 0) is 42.3 Å². The summed E-state index contributed by atoms with van der Waals surface area (Å²) in [5.41, 5.74) is 1.26. The van der Waals surface area contributed by atoms with Crippen LogP contribution in [0.3, 0.4) is 0 Å². The van der Waals surface area contributed by atoms with Crippen molar-refractivity contribution in [1.82, 2.24) is 13.5 Å². The van der Waals surface area contributed by atoms with Crippen molar-refractivity contribution in [3.8, 4) is 0 Å². The lowest BCUT2D eigenvalue weighted by Gasteiger charge is -2.19. The quantitative estimate of drug-likeness (QED) is 0.407. The first-order valence-corrected chi connectivity index (χ1v) is 12.0. The topological polar surface area (TPSA) is 101 Å². The molecule has 0 spiro atoms. The molecule has 0 unspecified atom stereocenters. The largest absolute Gasteiger partial charge is 0.322 e. The van der Waals surface area contributed by atoms with Crippen LogP contribution in [0, 0.1) is 5.82 Å². The van der Waals surface area contributed by atoms with Crippen molar-refractivity contribution >= 4 is 56.0 Å². The molecule has 11 heteroatoms. The monoisotopic (exact) mass is 490 g/mol. The number of anilines is 1. The van der Waals surface area contributed by atoms with Gasteiger partial charge in [-0.25, -0.2) is 12.8 Å². The number of halogens is 2. The Balaban J connectivity index is 1.66. The number of sulfonamides is 1. The predicted octanol–water partition coefficient (Wildman–Crippen LogP) is 4.01. The molecule has 1 atom stereocenters. The number of hydrogen-bond donors (Lipinski definition) is 2. The fraction of sp³-hybridized carbons (Fsp3) is 0.0952. The van der Waals surface area contributed by atoms with Crippen LogP contribution in [0.15, 0.2) is 71.6 Å². The Kier molecular flexibility index (Phi) is 6.47. The summed E-state index contributed by atoms with van der Waals surface area (Å²) in [6.07, 6.45) is 0.0480. The average molecular weight is 491 g/mol. The molecule has 1 heterocycles. The first kappa shape index (κ1) is 22.3. The Morgan fingerprint density at radius 1 is 1.06 bits per heavy atom. The Labute approximate surface area is 192 Å². The minimum absolute atomic E-state index is 0.0480. The Morgan fingerprint density at radius 3 is 2.59 bits per heavy atom. The molecule has 1 aromatic heterocycles. The molecular formula is C21H16ClFN4O3S2. The Bertz CT molecular complexity index is 1380. The smallest absolute Gasteiger partial charge is 0.243 e. The Morgan fingerprint density at radius 2 is 1.84 bits per heavy atom. The predicted molar refractivity (Wildman–Crippen MR) is 122 cm³/mol. The van der Waals surface area contributed by atoms with Gasteiger partial charge in [0.25, 0.3) is 0 Å².